The van der Waals surface area contributed by atoms with Crippen molar-refractivity contribution in [2.75, 3.05) is 44.2 Å². The third-order valence-electron chi connectivity index (χ3n) is 6.23. The van der Waals surface area contributed by atoms with Gasteiger partial charge in [-0.25, -0.2) is 9.97 Å². The lowest BCUT2D eigenvalue weighted by Crippen LogP contribution is -2.47. The van der Waals surface area contributed by atoms with Gasteiger partial charge >= 0.3 is 0 Å². The molecule has 2 unspecified atom stereocenters. The lowest BCUT2D eigenvalue weighted by Gasteiger charge is -2.34. The van der Waals surface area contributed by atoms with Crippen LogP contribution in [-0.2, 0) is 9.59 Å². The topological polar surface area (TPSA) is 69.6 Å². The zero-order valence-corrected chi connectivity index (χ0v) is 16.6. The molecule has 150 valence electrons. The number of hydrogen-bond acceptors (Lipinski definition) is 6. The van der Waals surface area contributed by atoms with Gasteiger partial charge in [-0.1, -0.05) is 11.6 Å². The highest BCUT2D eigenvalue weighted by atomic mass is 16.2. The molecule has 4 rings (SSSR count). The van der Waals surface area contributed by atoms with Crippen molar-refractivity contribution < 1.29 is 9.59 Å². The number of hydrogen-bond donors (Lipinski definition) is 0. The maximum atomic E-state index is 12.6. The van der Waals surface area contributed by atoms with E-state index in [1.54, 1.807) is 12.4 Å². The number of aromatic nitrogens is 2. The smallest absolute Gasteiger partial charge is 0.233 e. The molecule has 2 atom stereocenters. The van der Waals surface area contributed by atoms with Crippen LogP contribution in [0.4, 0.5) is 5.95 Å². The molecule has 2 amide bonds. The molecule has 0 N–H and O–H groups in total. The number of likely N-dealkylation sites (tertiary alicyclic amines) is 1. The number of anilines is 1. The fourth-order valence-electron chi connectivity index (χ4n) is 4.56. The Morgan fingerprint density at radius 2 is 1.64 bits per heavy atom. The first kappa shape index (κ1) is 19.1. The van der Waals surface area contributed by atoms with Crippen molar-refractivity contribution in [3.8, 4) is 0 Å². The van der Waals surface area contributed by atoms with Crippen molar-refractivity contribution >= 4 is 17.8 Å². The number of unbranched alkanes of at least 4 members (excludes halogenated alkanes) is 1. The monoisotopic (exact) mass is 383 g/mol. The minimum atomic E-state index is -0.107. The van der Waals surface area contributed by atoms with Crippen LogP contribution >= 0.6 is 0 Å². The van der Waals surface area contributed by atoms with Crippen molar-refractivity contribution in [3.05, 3.63) is 30.1 Å². The van der Waals surface area contributed by atoms with Crippen LogP contribution in [0.5, 0.6) is 0 Å². The third kappa shape index (κ3) is 3.94. The molecule has 3 heterocycles. The predicted octanol–water partition coefficient (Wildman–Crippen LogP) is 1.72. The lowest BCUT2D eigenvalue weighted by atomic mass is 9.82. The number of allylic oxidation sites excluding steroid dienone is 2. The highest BCUT2D eigenvalue weighted by Gasteiger charge is 2.47. The van der Waals surface area contributed by atoms with Crippen LogP contribution < -0.4 is 4.90 Å². The molecule has 28 heavy (non-hydrogen) atoms. The molecule has 2 fully saturated rings. The molecular weight excluding hydrogens is 354 g/mol. The van der Waals surface area contributed by atoms with Crippen LogP contribution in [-0.4, -0.2) is 70.9 Å². The average molecular weight is 383 g/mol. The first-order chi connectivity index (χ1) is 13.6. The highest BCUT2D eigenvalue weighted by molar-refractivity contribution is 6.05. The second-order valence-corrected chi connectivity index (χ2v) is 8.12. The van der Waals surface area contributed by atoms with Crippen LogP contribution in [0.2, 0.25) is 0 Å². The summed E-state index contributed by atoms with van der Waals surface area (Å²) in [4.78, 5) is 40.0. The van der Waals surface area contributed by atoms with Crippen molar-refractivity contribution in [3.63, 3.8) is 0 Å². The normalized spacial score (nSPS) is 25.8. The minimum absolute atomic E-state index is 0.0511. The van der Waals surface area contributed by atoms with E-state index in [-0.39, 0.29) is 23.7 Å². The molecule has 1 aromatic rings. The standard InChI is InChI=1S/C21H29N5O2/c1-16-5-6-17-18(15-16)20(28)26(19(17)27)10-3-2-9-24-11-13-25(14-12-24)21-22-7-4-8-23-21/h4-5,7-8,17-18H,2-3,6,9-15H2,1H3. The number of rotatable bonds is 6. The average Bonchev–Trinajstić information content (AvgIpc) is 2.96. The van der Waals surface area contributed by atoms with E-state index < -0.39 is 0 Å². The van der Waals surface area contributed by atoms with Crippen LogP contribution in [0.1, 0.15) is 32.6 Å². The van der Waals surface area contributed by atoms with E-state index in [9.17, 15) is 9.59 Å². The molecule has 0 aromatic carbocycles. The van der Waals surface area contributed by atoms with Crippen molar-refractivity contribution in [1.82, 2.24) is 19.8 Å². The summed E-state index contributed by atoms with van der Waals surface area (Å²) >= 11 is 0. The van der Waals surface area contributed by atoms with Gasteiger partial charge in [0, 0.05) is 45.1 Å². The Morgan fingerprint density at radius 3 is 2.39 bits per heavy atom. The summed E-state index contributed by atoms with van der Waals surface area (Å²) in [5, 5.41) is 0. The Bertz CT molecular complexity index is 742. The van der Waals surface area contributed by atoms with Gasteiger partial charge in [-0.15, -0.1) is 0 Å². The number of imide groups is 1. The van der Waals surface area contributed by atoms with E-state index >= 15 is 0 Å². The van der Waals surface area contributed by atoms with Crippen molar-refractivity contribution in [2.24, 2.45) is 11.8 Å². The van der Waals surface area contributed by atoms with Gasteiger partial charge in [-0.3, -0.25) is 19.4 Å². The summed E-state index contributed by atoms with van der Waals surface area (Å²) in [6, 6.07) is 1.84. The molecule has 1 aromatic heterocycles. The van der Waals surface area contributed by atoms with Crippen LogP contribution in [0.3, 0.4) is 0 Å². The summed E-state index contributed by atoms with van der Waals surface area (Å²) in [6.45, 7) is 7.49. The van der Waals surface area contributed by atoms with Gasteiger partial charge in [0.15, 0.2) is 0 Å². The van der Waals surface area contributed by atoms with Gasteiger partial charge in [0.1, 0.15) is 0 Å². The van der Waals surface area contributed by atoms with Gasteiger partial charge in [-0.05, 0) is 45.2 Å². The zero-order valence-electron chi connectivity index (χ0n) is 16.6. The molecule has 7 nitrogen and oxygen atoms in total. The maximum absolute atomic E-state index is 12.6. The third-order valence-corrected chi connectivity index (χ3v) is 6.23. The van der Waals surface area contributed by atoms with E-state index in [0.717, 1.165) is 64.4 Å². The van der Waals surface area contributed by atoms with E-state index in [1.807, 2.05) is 6.07 Å². The number of nitrogens with zero attached hydrogens (tertiary/aromatic N) is 5. The fourth-order valence-corrected chi connectivity index (χ4v) is 4.56. The van der Waals surface area contributed by atoms with Crippen molar-refractivity contribution in [2.45, 2.75) is 32.6 Å². The van der Waals surface area contributed by atoms with Gasteiger partial charge in [-0.2, -0.15) is 0 Å². The van der Waals surface area contributed by atoms with Crippen molar-refractivity contribution in [1.29, 1.82) is 0 Å². The van der Waals surface area contributed by atoms with Gasteiger partial charge in [0.2, 0.25) is 17.8 Å². The summed E-state index contributed by atoms with van der Waals surface area (Å²) < 4.78 is 0. The Labute approximate surface area is 166 Å². The largest absolute Gasteiger partial charge is 0.338 e. The lowest BCUT2D eigenvalue weighted by molar-refractivity contribution is -0.139. The molecule has 0 radical (unpaired) electrons. The molecule has 2 saturated heterocycles. The SMILES string of the molecule is CC1=CCC2C(=O)N(CCCCN3CCN(c4ncccn4)CC3)C(=O)C2C1. The molecular formula is C21H29N5O2. The fraction of sp³-hybridized carbons (Fsp3) is 0.619. The van der Waals surface area contributed by atoms with E-state index in [2.05, 4.69) is 32.8 Å². The van der Waals surface area contributed by atoms with Crippen LogP contribution in [0, 0.1) is 11.8 Å². The summed E-state index contributed by atoms with van der Waals surface area (Å²) in [5.74, 6) is 0.698. The first-order valence-electron chi connectivity index (χ1n) is 10.4. The molecule has 1 aliphatic carbocycles. The Morgan fingerprint density at radius 1 is 0.964 bits per heavy atom. The van der Waals surface area contributed by atoms with Gasteiger partial charge in [0.25, 0.3) is 0 Å². The molecule has 0 saturated carbocycles. The first-order valence-corrected chi connectivity index (χ1v) is 10.4. The Balaban J connectivity index is 1.18. The molecule has 3 aliphatic rings. The molecule has 0 spiro atoms. The summed E-state index contributed by atoms with van der Waals surface area (Å²) in [7, 11) is 0. The second-order valence-electron chi connectivity index (χ2n) is 8.12. The second kappa shape index (κ2) is 8.39. The molecule has 2 aliphatic heterocycles. The maximum Gasteiger partial charge on any atom is 0.233 e. The van der Waals surface area contributed by atoms with Crippen LogP contribution in [0.25, 0.3) is 0 Å². The predicted molar refractivity (Wildman–Crippen MR) is 107 cm³/mol. The Kier molecular flexibility index (Phi) is 5.71. The Hall–Kier alpha value is -2.28. The number of fused-ring (bicyclic) bond motifs is 1. The van der Waals surface area contributed by atoms with E-state index in [4.69, 9.17) is 0 Å². The number of carbonyl (C=O) groups excluding carboxylic acids is 2. The molecule has 0 bridgehead atoms. The minimum Gasteiger partial charge on any atom is -0.338 e. The summed E-state index contributed by atoms with van der Waals surface area (Å²) in [6.07, 6.45) is 9.05. The summed E-state index contributed by atoms with van der Waals surface area (Å²) in [5.41, 5.74) is 1.24. The number of piperazine rings is 1. The molecule has 7 heteroatoms. The van der Waals surface area contributed by atoms with Gasteiger partial charge in [0.05, 0.1) is 11.8 Å². The van der Waals surface area contributed by atoms with Crippen LogP contribution in [0.15, 0.2) is 30.1 Å². The highest BCUT2D eigenvalue weighted by Crippen LogP contribution is 2.37. The number of carbonyl (C=O) groups is 2. The van der Waals surface area contributed by atoms with E-state index in [1.165, 1.54) is 10.5 Å². The zero-order chi connectivity index (χ0) is 19.5. The van der Waals surface area contributed by atoms with Gasteiger partial charge < -0.3 is 4.90 Å². The quantitative estimate of drug-likeness (QED) is 0.423. The van der Waals surface area contributed by atoms with E-state index in [0.29, 0.717) is 6.54 Å². The number of amides is 2.